The van der Waals surface area contributed by atoms with E-state index in [0.29, 0.717) is 0 Å². The summed E-state index contributed by atoms with van der Waals surface area (Å²) in [4.78, 5) is 0. The standard InChI is InChI=1S/C8H11Si.Cu/c1-9(2)8-6-4-3-5-7-8;/h3-7H,1-2H3;. The second-order valence-corrected chi connectivity index (χ2v) is 4.94. The summed E-state index contributed by atoms with van der Waals surface area (Å²) < 4.78 is 0. The van der Waals surface area contributed by atoms with Crippen molar-refractivity contribution >= 4 is 14.0 Å². The molecule has 0 saturated heterocycles. The van der Waals surface area contributed by atoms with Crippen LogP contribution in [0, 0.1) is 0 Å². The van der Waals surface area contributed by atoms with Crippen LogP contribution in [0.4, 0.5) is 0 Å². The van der Waals surface area contributed by atoms with Crippen molar-refractivity contribution in [1.29, 1.82) is 0 Å². The summed E-state index contributed by atoms with van der Waals surface area (Å²) in [6.07, 6.45) is 0. The molecule has 0 aromatic heterocycles. The molecule has 0 nitrogen and oxygen atoms in total. The third-order valence-electron chi connectivity index (χ3n) is 1.35. The Labute approximate surface area is 74.7 Å². The molecule has 1 rings (SSSR count). The second-order valence-electron chi connectivity index (χ2n) is 2.37. The molecule has 2 heteroatoms. The predicted octanol–water partition coefficient (Wildman–Crippen LogP) is 1.65. The minimum atomic E-state index is -0.212. The molecular weight excluding hydrogens is 188 g/mol. The second kappa shape index (κ2) is 4.72. The Morgan fingerprint density at radius 3 is 1.80 bits per heavy atom. The molecule has 0 heterocycles. The minimum Gasteiger partial charge on any atom is -0.0671 e. The molecule has 0 fully saturated rings. The number of benzene rings is 1. The average molecular weight is 199 g/mol. The van der Waals surface area contributed by atoms with Crippen LogP contribution in [0.1, 0.15) is 0 Å². The number of rotatable bonds is 1. The van der Waals surface area contributed by atoms with E-state index in [1.807, 2.05) is 0 Å². The quantitative estimate of drug-likeness (QED) is 0.603. The predicted molar refractivity (Wildman–Crippen MR) is 43.6 cm³/mol. The van der Waals surface area contributed by atoms with Gasteiger partial charge in [0.1, 0.15) is 0 Å². The molecule has 0 amide bonds. The van der Waals surface area contributed by atoms with Crippen LogP contribution in [0.2, 0.25) is 13.1 Å². The average Bonchev–Trinajstić information content (AvgIpc) is 1.90. The van der Waals surface area contributed by atoms with Gasteiger partial charge in [-0.1, -0.05) is 48.6 Å². The maximum atomic E-state index is 2.31. The Morgan fingerprint density at radius 1 is 1.00 bits per heavy atom. The zero-order valence-corrected chi connectivity index (χ0v) is 8.13. The van der Waals surface area contributed by atoms with Crippen molar-refractivity contribution in [2.24, 2.45) is 0 Å². The SMILES string of the molecule is C[Si](C)c1ccccc1.[Cu]. The topological polar surface area (TPSA) is 0 Å². The summed E-state index contributed by atoms with van der Waals surface area (Å²) in [5.74, 6) is 0. The van der Waals surface area contributed by atoms with Crippen LogP contribution in [0.25, 0.3) is 0 Å². The molecule has 0 atom stereocenters. The summed E-state index contributed by atoms with van der Waals surface area (Å²) >= 11 is 0. The molecule has 1 aromatic carbocycles. The smallest absolute Gasteiger partial charge is 0.0671 e. The van der Waals surface area contributed by atoms with E-state index < -0.39 is 0 Å². The van der Waals surface area contributed by atoms with E-state index in [-0.39, 0.29) is 25.9 Å². The molecule has 0 aliphatic carbocycles. The van der Waals surface area contributed by atoms with Gasteiger partial charge in [0.25, 0.3) is 0 Å². The van der Waals surface area contributed by atoms with Gasteiger partial charge in [0.2, 0.25) is 0 Å². The van der Waals surface area contributed by atoms with Crippen molar-refractivity contribution in [3.63, 3.8) is 0 Å². The largest absolute Gasteiger partial charge is 0.0791 e. The van der Waals surface area contributed by atoms with Gasteiger partial charge in [0.15, 0.2) is 0 Å². The summed E-state index contributed by atoms with van der Waals surface area (Å²) in [6, 6.07) is 10.7. The van der Waals surface area contributed by atoms with Crippen LogP contribution in [-0.2, 0) is 17.1 Å². The van der Waals surface area contributed by atoms with Gasteiger partial charge in [-0.2, -0.15) is 0 Å². The summed E-state index contributed by atoms with van der Waals surface area (Å²) in [6.45, 7) is 4.61. The molecule has 0 N–H and O–H groups in total. The first-order valence-corrected chi connectivity index (χ1v) is 5.66. The zero-order chi connectivity index (χ0) is 6.69. The zero-order valence-electron chi connectivity index (χ0n) is 6.19. The van der Waals surface area contributed by atoms with E-state index in [2.05, 4.69) is 43.4 Å². The maximum Gasteiger partial charge on any atom is 0.0791 e. The van der Waals surface area contributed by atoms with Gasteiger partial charge in [0, 0.05) is 17.1 Å². The molecule has 0 saturated carbocycles. The van der Waals surface area contributed by atoms with Crippen LogP contribution < -0.4 is 5.19 Å². The summed E-state index contributed by atoms with van der Waals surface area (Å²) in [5, 5.41) is 1.52. The Morgan fingerprint density at radius 2 is 1.50 bits per heavy atom. The maximum absolute atomic E-state index is 2.31. The van der Waals surface area contributed by atoms with Gasteiger partial charge in [0.05, 0.1) is 8.80 Å². The van der Waals surface area contributed by atoms with E-state index in [0.717, 1.165) is 0 Å². The molecule has 2 radical (unpaired) electrons. The van der Waals surface area contributed by atoms with Crippen molar-refractivity contribution < 1.29 is 17.1 Å². The van der Waals surface area contributed by atoms with E-state index in [1.54, 1.807) is 0 Å². The molecule has 1 aromatic rings. The van der Waals surface area contributed by atoms with Crippen molar-refractivity contribution in [2.45, 2.75) is 13.1 Å². The van der Waals surface area contributed by atoms with E-state index >= 15 is 0 Å². The fourth-order valence-electron chi connectivity index (χ4n) is 0.771. The molecular formula is C8H11CuSi. The Balaban J connectivity index is 0.000000810. The van der Waals surface area contributed by atoms with Crippen LogP contribution in [-0.4, -0.2) is 8.80 Å². The molecule has 10 heavy (non-hydrogen) atoms. The Kier molecular flexibility index (Phi) is 4.70. The van der Waals surface area contributed by atoms with Gasteiger partial charge in [-0.05, 0) is 0 Å². The van der Waals surface area contributed by atoms with Crippen molar-refractivity contribution in [1.82, 2.24) is 0 Å². The van der Waals surface area contributed by atoms with Crippen LogP contribution >= 0.6 is 0 Å². The first kappa shape index (κ1) is 9.96. The Hall–Kier alpha value is -0.0436. The van der Waals surface area contributed by atoms with Crippen LogP contribution in [0.3, 0.4) is 0 Å². The molecule has 0 spiro atoms. The van der Waals surface area contributed by atoms with Crippen molar-refractivity contribution in [3.8, 4) is 0 Å². The van der Waals surface area contributed by atoms with Gasteiger partial charge in [-0.25, -0.2) is 0 Å². The number of hydrogen-bond donors (Lipinski definition) is 0. The van der Waals surface area contributed by atoms with Gasteiger partial charge >= 0.3 is 0 Å². The van der Waals surface area contributed by atoms with E-state index in [4.69, 9.17) is 0 Å². The van der Waals surface area contributed by atoms with Gasteiger partial charge < -0.3 is 0 Å². The van der Waals surface area contributed by atoms with E-state index in [9.17, 15) is 0 Å². The summed E-state index contributed by atoms with van der Waals surface area (Å²) in [7, 11) is -0.212. The van der Waals surface area contributed by atoms with Crippen molar-refractivity contribution in [3.05, 3.63) is 30.3 Å². The number of hydrogen-bond acceptors (Lipinski definition) is 0. The molecule has 0 aliphatic rings. The fourth-order valence-corrected chi connectivity index (χ4v) is 1.63. The first-order valence-electron chi connectivity index (χ1n) is 3.16. The molecule has 0 unspecified atom stereocenters. The monoisotopic (exact) mass is 198 g/mol. The third kappa shape index (κ3) is 2.69. The van der Waals surface area contributed by atoms with Crippen LogP contribution in [0.15, 0.2) is 30.3 Å². The first-order chi connectivity index (χ1) is 4.30. The Bertz CT molecular complexity index is 172. The summed E-state index contributed by atoms with van der Waals surface area (Å²) in [5.41, 5.74) is 0. The molecule has 58 valence electrons. The molecule has 0 bridgehead atoms. The molecule has 0 aliphatic heterocycles. The fraction of sp³-hybridized carbons (Fsp3) is 0.250. The minimum absolute atomic E-state index is 0. The van der Waals surface area contributed by atoms with Crippen molar-refractivity contribution in [2.75, 3.05) is 0 Å². The third-order valence-corrected chi connectivity index (χ3v) is 2.84. The van der Waals surface area contributed by atoms with Gasteiger partial charge in [-0.3, -0.25) is 0 Å². The normalized spacial score (nSPS) is 9.10. The van der Waals surface area contributed by atoms with Gasteiger partial charge in [-0.15, -0.1) is 0 Å². The van der Waals surface area contributed by atoms with E-state index in [1.165, 1.54) is 5.19 Å². The van der Waals surface area contributed by atoms with Crippen LogP contribution in [0.5, 0.6) is 0 Å².